The maximum atomic E-state index is 11.5. The molecule has 0 aromatic heterocycles. The van der Waals surface area contributed by atoms with Crippen LogP contribution in [0.4, 0.5) is 0 Å². The highest BCUT2D eigenvalue weighted by atomic mass is 16.3. The molecule has 19 heavy (non-hydrogen) atoms. The maximum absolute atomic E-state index is 11.5. The Balaban J connectivity index is 3.24. The second-order valence-corrected chi connectivity index (χ2v) is 8.09. The summed E-state index contributed by atoms with van der Waals surface area (Å²) in [5.41, 5.74) is 0.581. The number of rotatable bonds is 3. The Bertz CT molecular complexity index is 362. The Labute approximate surface area is 119 Å². The van der Waals surface area contributed by atoms with Crippen LogP contribution in [0.5, 0.6) is 0 Å². The molecule has 1 nitrogen and oxygen atoms in total. The average Bonchev–Trinajstić information content (AvgIpc) is 2.23. The molecule has 0 fully saturated rings. The van der Waals surface area contributed by atoms with Crippen molar-refractivity contribution in [1.82, 2.24) is 0 Å². The highest BCUT2D eigenvalue weighted by Gasteiger charge is 2.47. The zero-order chi connectivity index (χ0) is 14.9. The van der Waals surface area contributed by atoms with Crippen molar-refractivity contribution in [3.8, 4) is 0 Å². The minimum absolute atomic E-state index is 0.0107. The molecule has 0 radical (unpaired) electrons. The molecular formula is C18H32O. The third-order valence-corrected chi connectivity index (χ3v) is 4.20. The van der Waals surface area contributed by atoms with Crippen molar-refractivity contribution in [2.75, 3.05) is 0 Å². The van der Waals surface area contributed by atoms with Crippen LogP contribution in [0.25, 0.3) is 0 Å². The summed E-state index contributed by atoms with van der Waals surface area (Å²) in [5.74, 6) is 0.186. The third-order valence-electron chi connectivity index (χ3n) is 4.20. The molecule has 0 aromatic rings. The fraction of sp³-hybridized carbons (Fsp3) is 0.778. The van der Waals surface area contributed by atoms with E-state index in [9.17, 15) is 5.11 Å². The number of aliphatic hydroxyl groups is 1. The van der Waals surface area contributed by atoms with Crippen LogP contribution in [0, 0.1) is 16.7 Å². The van der Waals surface area contributed by atoms with E-state index in [2.05, 4.69) is 66.7 Å². The van der Waals surface area contributed by atoms with E-state index in [1.165, 1.54) is 5.57 Å². The number of hydrogen-bond donors (Lipinski definition) is 1. The van der Waals surface area contributed by atoms with Crippen LogP contribution in [0.1, 0.15) is 67.7 Å². The first kappa shape index (κ1) is 16.5. The highest BCUT2D eigenvalue weighted by molar-refractivity contribution is 5.35. The summed E-state index contributed by atoms with van der Waals surface area (Å²) in [6, 6.07) is 0. The molecule has 0 spiro atoms. The number of hydrogen-bond acceptors (Lipinski definition) is 1. The van der Waals surface area contributed by atoms with Crippen molar-refractivity contribution in [1.29, 1.82) is 0 Å². The van der Waals surface area contributed by atoms with Crippen molar-refractivity contribution in [3.63, 3.8) is 0 Å². The molecule has 0 aliphatic heterocycles. The summed E-state index contributed by atoms with van der Waals surface area (Å²) in [7, 11) is 0. The van der Waals surface area contributed by atoms with Gasteiger partial charge in [0.1, 0.15) is 0 Å². The highest BCUT2D eigenvalue weighted by Crippen LogP contribution is 2.49. The molecule has 0 saturated heterocycles. The minimum Gasteiger partial charge on any atom is -0.385 e. The predicted octanol–water partition coefficient (Wildman–Crippen LogP) is 5.11. The number of allylic oxidation sites excluding steroid dienone is 2. The Hall–Kier alpha value is -0.560. The minimum atomic E-state index is -0.693. The average molecular weight is 264 g/mol. The zero-order valence-corrected chi connectivity index (χ0v) is 13.9. The van der Waals surface area contributed by atoms with Gasteiger partial charge in [0, 0.05) is 5.92 Å². The van der Waals surface area contributed by atoms with E-state index in [0.717, 1.165) is 19.3 Å². The lowest BCUT2D eigenvalue weighted by Gasteiger charge is -2.49. The topological polar surface area (TPSA) is 20.2 Å². The van der Waals surface area contributed by atoms with Crippen LogP contribution in [-0.4, -0.2) is 10.7 Å². The summed E-state index contributed by atoms with van der Waals surface area (Å²) in [6.45, 7) is 15.5. The van der Waals surface area contributed by atoms with Crippen molar-refractivity contribution in [2.45, 2.75) is 73.3 Å². The smallest absolute Gasteiger partial charge is 0.0932 e. The lowest BCUT2D eigenvalue weighted by molar-refractivity contribution is -0.0310. The van der Waals surface area contributed by atoms with Crippen LogP contribution in [0.3, 0.4) is 0 Å². The third kappa shape index (κ3) is 3.51. The van der Waals surface area contributed by atoms with Gasteiger partial charge < -0.3 is 5.11 Å². The Morgan fingerprint density at radius 1 is 1.16 bits per heavy atom. The quantitative estimate of drug-likeness (QED) is 0.750. The van der Waals surface area contributed by atoms with E-state index in [1.807, 2.05) is 0 Å². The molecular weight excluding hydrogens is 232 g/mol. The molecule has 1 heteroatoms. The summed E-state index contributed by atoms with van der Waals surface area (Å²) >= 11 is 0. The molecule has 0 heterocycles. The molecule has 1 rings (SSSR count). The molecule has 110 valence electrons. The van der Waals surface area contributed by atoms with Gasteiger partial charge in [-0.2, -0.15) is 0 Å². The summed E-state index contributed by atoms with van der Waals surface area (Å²) in [5, 5.41) is 11.5. The molecule has 0 bridgehead atoms. The van der Waals surface area contributed by atoms with Gasteiger partial charge in [0.15, 0.2) is 0 Å². The summed E-state index contributed by atoms with van der Waals surface area (Å²) in [6.07, 6.45) is 9.53. The molecule has 1 N–H and O–H groups in total. The van der Waals surface area contributed by atoms with Gasteiger partial charge in [-0.05, 0) is 22.8 Å². The predicted molar refractivity (Wildman–Crippen MR) is 84.1 cm³/mol. The van der Waals surface area contributed by atoms with Gasteiger partial charge in [0.05, 0.1) is 5.60 Å². The first-order valence-corrected chi connectivity index (χ1v) is 7.65. The normalized spacial score (nSPS) is 28.4. The SMILES string of the molecule is CCCCC1(O)C(C(C)(C)C)=CC=CC1C(C)(C)C. The van der Waals surface area contributed by atoms with Crippen molar-refractivity contribution in [3.05, 3.63) is 23.8 Å². The van der Waals surface area contributed by atoms with E-state index in [4.69, 9.17) is 0 Å². The van der Waals surface area contributed by atoms with Crippen LogP contribution in [0.15, 0.2) is 23.8 Å². The van der Waals surface area contributed by atoms with E-state index < -0.39 is 5.60 Å². The van der Waals surface area contributed by atoms with Gasteiger partial charge in [-0.25, -0.2) is 0 Å². The van der Waals surface area contributed by atoms with Gasteiger partial charge in [-0.1, -0.05) is 79.5 Å². The van der Waals surface area contributed by atoms with Crippen LogP contribution in [0.2, 0.25) is 0 Å². The van der Waals surface area contributed by atoms with Crippen molar-refractivity contribution < 1.29 is 5.11 Å². The second kappa shape index (κ2) is 5.44. The van der Waals surface area contributed by atoms with Gasteiger partial charge in [0.25, 0.3) is 0 Å². The second-order valence-electron chi connectivity index (χ2n) is 8.09. The van der Waals surface area contributed by atoms with E-state index in [1.54, 1.807) is 0 Å². The lowest BCUT2D eigenvalue weighted by Crippen LogP contribution is -2.49. The van der Waals surface area contributed by atoms with Crippen LogP contribution in [-0.2, 0) is 0 Å². The monoisotopic (exact) mass is 264 g/mol. The Morgan fingerprint density at radius 2 is 1.74 bits per heavy atom. The zero-order valence-electron chi connectivity index (χ0n) is 13.9. The Morgan fingerprint density at radius 3 is 2.16 bits per heavy atom. The maximum Gasteiger partial charge on any atom is 0.0932 e. The fourth-order valence-corrected chi connectivity index (χ4v) is 3.37. The van der Waals surface area contributed by atoms with Gasteiger partial charge in [0.2, 0.25) is 0 Å². The van der Waals surface area contributed by atoms with Crippen molar-refractivity contribution in [2.24, 2.45) is 16.7 Å². The largest absolute Gasteiger partial charge is 0.385 e. The Kier molecular flexibility index (Phi) is 4.72. The van der Waals surface area contributed by atoms with Gasteiger partial charge >= 0.3 is 0 Å². The summed E-state index contributed by atoms with van der Waals surface area (Å²) < 4.78 is 0. The summed E-state index contributed by atoms with van der Waals surface area (Å²) in [4.78, 5) is 0. The first-order valence-electron chi connectivity index (χ1n) is 7.65. The number of unbranched alkanes of at least 4 members (excludes halogenated alkanes) is 1. The fourth-order valence-electron chi connectivity index (χ4n) is 3.37. The van der Waals surface area contributed by atoms with E-state index >= 15 is 0 Å². The lowest BCUT2D eigenvalue weighted by atomic mass is 9.60. The van der Waals surface area contributed by atoms with Gasteiger partial charge in [-0.3, -0.25) is 0 Å². The van der Waals surface area contributed by atoms with E-state index in [0.29, 0.717) is 0 Å². The van der Waals surface area contributed by atoms with Crippen LogP contribution < -0.4 is 0 Å². The molecule has 2 unspecified atom stereocenters. The molecule has 2 atom stereocenters. The molecule has 1 aliphatic carbocycles. The van der Waals surface area contributed by atoms with Gasteiger partial charge in [-0.15, -0.1) is 0 Å². The molecule has 0 amide bonds. The van der Waals surface area contributed by atoms with E-state index in [-0.39, 0.29) is 16.7 Å². The molecule has 1 aliphatic rings. The first-order chi connectivity index (χ1) is 8.53. The van der Waals surface area contributed by atoms with Crippen LogP contribution >= 0.6 is 0 Å². The van der Waals surface area contributed by atoms with Crippen molar-refractivity contribution >= 4 is 0 Å². The molecule has 0 aromatic carbocycles. The standard InChI is InChI=1S/C18H32O/c1-8-9-13-18(19)14(16(2,3)4)11-10-12-15(18)17(5,6)7/h10-12,14,19H,8-9,13H2,1-7H3. The molecule has 0 saturated carbocycles.